The topological polar surface area (TPSA) is 38.8 Å². The standard InChI is InChI=1S/C13H15NO3/c15-13-11-5-2-1-4-10(11)8-14(13)9-12-16-6-3-7-17-12/h1-2,4-5,12H,3,6-9H2. The van der Waals surface area contributed by atoms with Crippen LogP contribution in [0.4, 0.5) is 0 Å². The van der Waals surface area contributed by atoms with Gasteiger partial charge in [-0.3, -0.25) is 4.79 Å². The molecule has 4 nitrogen and oxygen atoms in total. The van der Waals surface area contributed by atoms with E-state index in [0.717, 1.165) is 30.8 Å². The van der Waals surface area contributed by atoms with Gasteiger partial charge in [0.05, 0.1) is 19.8 Å². The minimum absolute atomic E-state index is 0.0818. The van der Waals surface area contributed by atoms with Crippen molar-refractivity contribution in [3.05, 3.63) is 35.4 Å². The second-order valence-corrected chi connectivity index (χ2v) is 4.37. The summed E-state index contributed by atoms with van der Waals surface area (Å²) in [6, 6.07) is 7.73. The smallest absolute Gasteiger partial charge is 0.254 e. The summed E-state index contributed by atoms with van der Waals surface area (Å²) in [7, 11) is 0. The number of benzene rings is 1. The van der Waals surface area contributed by atoms with Gasteiger partial charge in [-0.25, -0.2) is 0 Å². The van der Waals surface area contributed by atoms with E-state index in [1.165, 1.54) is 0 Å². The van der Waals surface area contributed by atoms with E-state index in [-0.39, 0.29) is 12.2 Å². The first-order valence-corrected chi connectivity index (χ1v) is 5.95. The summed E-state index contributed by atoms with van der Waals surface area (Å²) in [5.74, 6) is 0.0818. The lowest BCUT2D eigenvalue weighted by atomic mass is 10.1. The van der Waals surface area contributed by atoms with Gasteiger partial charge >= 0.3 is 0 Å². The van der Waals surface area contributed by atoms with Crippen LogP contribution in [0.3, 0.4) is 0 Å². The van der Waals surface area contributed by atoms with Crippen molar-refractivity contribution in [2.24, 2.45) is 0 Å². The number of carbonyl (C=O) groups is 1. The molecule has 0 unspecified atom stereocenters. The Morgan fingerprint density at radius 1 is 1.24 bits per heavy atom. The number of rotatable bonds is 2. The monoisotopic (exact) mass is 233 g/mol. The zero-order chi connectivity index (χ0) is 11.7. The number of fused-ring (bicyclic) bond motifs is 1. The summed E-state index contributed by atoms with van der Waals surface area (Å²) in [4.78, 5) is 13.9. The minimum atomic E-state index is -0.262. The maximum Gasteiger partial charge on any atom is 0.254 e. The largest absolute Gasteiger partial charge is 0.351 e. The van der Waals surface area contributed by atoms with Crippen molar-refractivity contribution >= 4 is 5.91 Å². The maximum atomic E-state index is 12.1. The lowest BCUT2D eigenvalue weighted by Gasteiger charge is -2.27. The van der Waals surface area contributed by atoms with E-state index in [1.807, 2.05) is 24.3 Å². The molecule has 0 spiro atoms. The fourth-order valence-corrected chi connectivity index (χ4v) is 2.28. The number of amides is 1. The average molecular weight is 233 g/mol. The van der Waals surface area contributed by atoms with Crippen molar-refractivity contribution in [3.8, 4) is 0 Å². The molecule has 0 aliphatic carbocycles. The molecule has 0 radical (unpaired) electrons. The molecule has 0 saturated carbocycles. The fraction of sp³-hybridized carbons (Fsp3) is 0.462. The molecule has 2 aliphatic heterocycles. The van der Waals surface area contributed by atoms with Crippen LogP contribution < -0.4 is 0 Å². The van der Waals surface area contributed by atoms with Gasteiger partial charge < -0.3 is 14.4 Å². The predicted molar refractivity (Wildman–Crippen MR) is 61.5 cm³/mol. The first kappa shape index (κ1) is 10.7. The second-order valence-electron chi connectivity index (χ2n) is 4.37. The molecule has 2 heterocycles. The summed E-state index contributed by atoms with van der Waals surface area (Å²) < 4.78 is 10.9. The molecule has 0 aromatic heterocycles. The van der Waals surface area contributed by atoms with Crippen LogP contribution in [0.15, 0.2) is 24.3 Å². The Bertz CT molecular complexity index is 426. The first-order chi connectivity index (χ1) is 8.34. The van der Waals surface area contributed by atoms with Crippen molar-refractivity contribution in [2.75, 3.05) is 19.8 Å². The van der Waals surface area contributed by atoms with Crippen molar-refractivity contribution in [1.82, 2.24) is 4.90 Å². The highest BCUT2D eigenvalue weighted by Crippen LogP contribution is 2.23. The first-order valence-electron chi connectivity index (χ1n) is 5.95. The van der Waals surface area contributed by atoms with Gasteiger partial charge in [0.25, 0.3) is 5.91 Å². The van der Waals surface area contributed by atoms with Crippen molar-refractivity contribution in [3.63, 3.8) is 0 Å². The van der Waals surface area contributed by atoms with Crippen LogP contribution in [0.25, 0.3) is 0 Å². The van der Waals surface area contributed by atoms with E-state index < -0.39 is 0 Å². The number of carbonyl (C=O) groups excluding carboxylic acids is 1. The summed E-state index contributed by atoms with van der Waals surface area (Å²) >= 11 is 0. The Hall–Kier alpha value is -1.39. The van der Waals surface area contributed by atoms with Gasteiger partial charge in [-0.05, 0) is 18.1 Å². The normalized spacial score (nSPS) is 20.7. The van der Waals surface area contributed by atoms with E-state index >= 15 is 0 Å². The van der Waals surface area contributed by atoms with E-state index in [2.05, 4.69) is 0 Å². The Morgan fingerprint density at radius 2 is 2.00 bits per heavy atom. The molecule has 1 aromatic rings. The summed E-state index contributed by atoms with van der Waals surface area (Å²) in [6.45, 7) is 2.63. The molecule has 1 saturated heterocycles. The van der Waals surface area contributed by atoms with Crippen molar-refractivity contribution < 1.29 is 14.3 Å². The van der Waals surface area contributed by atoms with E-state index in [4.69, 9.17) is 9.47 Å². The molecule has 1 aromatic carbocycles. The highest BCUT2D eigenvalue weighted by molar-refractivity contribution is 5.98. The molecule has 2 aliphatic rings. The Morgan fingerprint density at radius 3 is 2.76 bits per heavy atom. The lowest BCUT2D eigenvalue weighted by molar-refractivity contribution is -0.183. The second kappa shape index (κ2) is 4.47. The van der Waals surface area contributed by atoms with Gasteiger partial charge in [0, 0.05) is 12.1 Å². The van der Waals surface area contributed by atoms with Gasteiger partial charge in [-0.15, -0.1) is 0 Å². The average Bonchev–Trinajstić information content (AvgIpc) is 2.68. The Labute approximate surface area is 100 Å². The van der Waals surface area contributed by atoms with Gasteiger partial charge in [0.1, 0.15) is 0 Å². The van der Waals surface area contributed by atoms with Crippen LogP contribution in [0.5, 0.6) is 0 Å². The van der Waals surface area contributed by atoms with Crippen LogP contribution in [0.2, 0.25) is 0 Å². The molecule has 4 heteroatoms. The third kappa shape index (κ3) is 2.06. The SMILES string of the molecule is O=C1c2ccccc2CN1CC1OCCCO1. The molecular formula is C13H15NO3. The van der Waals surface area contributed by atoms with Crippen LogP contribution in [-0.4, -0.2) is 36.9 Å². The van der Waals surface area contributed by atoms with Crippen LogP contribution in [-0.2, 0) is 16.0 Å². The Balaban J connectivity index is 1.69. The molecule has 1 fully saturated rings. The molecule has 17 heavy (non-hydrogen) atoms. The zero-order valence-electron chi connectivity index (χ0n) is 9.59. The highest BCUT2D eigenvalue weighted by Gasteiger charge is 2.29. The predicted octanol–water partition coefficient (Wildman–Crippen LogP) is 1.41. The molecule has 90 valence electrons. The molecule has 0 bridgehead atoms. The summed E-state index contributed by atoms with van der Waals surface area (Å²) in [5, 5.41) is 0. The molecular weight excluding hydrogens is 218 g/mol. The van der Waals surface area contributed by atoms with Crippen LogP contribution in [0.1, 0.15) is 22.3 Å². The quantitative estimate of drug-likeness (QED) is 0.775. The number of hydrogen-bond donors (Lipinski definition) is 0. The van der Waals surface area contributed by atoms with E-state index in [1.54, 1.807) is 4.90 Å². The van der Waals surface area contributed by atoms with Gasteiger partial charge in [0.2, 0.25) is 0 Å². The highest BCUT2D eigenvalue weighted by atomic mass is 16.7. The number of nitrogens with zero attached hydrogens (tertiary/aromatic N) is 1. The summed E-state index contributed by atoms with van der Waals surface area (Å²) in [6.07, 6.45) is 0.673. The summed E-state index contributed by atoms with van der Waals surface area (Å²) in [5.41, 5.74) is 1.90. The van der Waals surface area contributed by atoms with Crippen molar-refractivity contribution in [2.45, 2.75) is 19.3 Å². The van der Waals surface area contributed by atoms with Crippen LogP contribution in [0, 0.1) is 0 Å². The molecule has 3 rings (SSSR count). The molecule has 0 N–H and O–H groups in total. The molecule has 0 atom stereocenters. The van der Waals surface area contributed by atoms with E-state index in [0.29, 0.717) is 13.1 Å². The number of hydrogen-bond acceptors (Lipinski definition) is 3. The van der Waals surface area contributed by atoms with Gasteiger partial charge in [0.15, 0.2) is 6.29 Å². The Kier molecular flexibility index (Phi) is 2.82. The fourth-order valence-electron chi connectivity index (χ4n) is 2.28. The van der Waals surface area contributed by atoms with E-state index in [9.17, 15) is 4.79 Å². The van der Waals surface area contributed by atoms with Gasteiger partial charge in [-0.1, -0.05) is 18.2 Å². The third-order valence-corrected chi connectivity index (χ3v) is 3.16. The minimum Gasteiger partial charge on any atom is -0.351 e. The third-order valence-electron chi connectivity index (χ3n) is 3.16. The van der Waals surface area contributed by atoms with Crippen molar-refractivity contribution in [1.29, 1.82) is 0 Å². The maximum absolute atomic E-state index is 12.1. The number of ether oxygens (including phenoxy) is 2. The van der Waals surface area contributed by atoms with Crippen LogP contribution >= 0.6 is 0 Å². The zero-order valence-corrected chi connectivity index (χ0v) is 9.59. The molecule has 1 amide bonds. The lowest BCUT2D eigenvalue weighted by Crippen LogP contribution is -2.38. The van der Waals surface area contributed by atoms with Gasteiger partial charge in [-0.2, -0.15) is 0 Å².